The van der Waals surface area contributed by atoms with E-state index < -0.39 is 18.2 Å². The molecule has 0 saturated carbocycles. The van der Waals surface area contributed by atoms with Crippen LogP contribution < -0.4 is 4.74 Å². The van der Waals surface area contributed by atoms with Gasteiger partial charge < -0.3 is 9.64 Å². The molecule has 0 bridgehead atoms. The molecule has 1 aliphatic heterocycles. The second-order valence-corrected chi connectivity index (χ2v) is 7.67. The van der Waals surface area contributed by atoms with Gasteiger partial charge >= 0.3 is 6.18 Å². The number of fused-ring (bicyclic) bond motifs is 1. The molecule has 4 rings (SSSR count). The summed E-state index contributed by atoms with van der Waals surface area (Å²) in [5, 5.41) is 17.5. The van der Waals surface area contributed by atoms with Gasteiger partial charge in [-0.1, -0.05) is 11.6 Å². The van der Waals surface area contributed by atoms with Crippen LogP contribution in [-0.2, 0) is 20.1 Å². The lowest BCUT2D eigenvalue weighted by atomic mass is 10.1. The van der Waals surface area contributed by atoms with Crippen molar-refractivity contribution in [2.45, 2.75) is 32.3 Å². The Hall–Kier alpha value is -3.52. The van der Waals surface area contributed by atoms with Crippen LogP contribution in [0.1, 0.15) is 34.1 Å². The van der Waals surface area contributed by atoms with Crippen molar-refractivity contribution in [3.8, 4) is 17.5 Å². The van der Waals surface area contributed by atoms with Crippen molar-refractivity contribution >= 4 is 17.5 Å². The van der Waals surface area contributed by atoms with Crippen LogP contribution in [-0.4, -0.2) is 42.6 Å². The predicted molar refractivity (Wildman–Crippen MR) is 106 cm³/mol. The molecule has 32 heavy (non-hydrogen) atoms. The predicted octanol–water partition coefficient (Wildman–Crippen LogP) is 3.62. The zero-order valence-corrected chi connectivity index (χ0v) is 17.6. The van der Waals surface area contributed by atoms with E-state index in [2.05, 4.69) is 10.2 Å². The first-order valence-corrected chi connectivity index (χ1v) is 9.78. The largest absolute Gasteiger partial charge is 0.480 e. The van der Waals surface area contributed by atoms with Crippen LogP contribution >= 0.6 is 11.6 Å². The van der Waals surface area contributed by atoms with E-state index in [1.54, 1.807) is 35.0 Å². The molecular formula is C20H16ClF3N6O2. The first-order valence-electron chi connectivity index (χ1n) is 9.40. The van der Waals surface area contributed by atoms with Gasteiger partial charge in [-0.05, 0) is 19.1 Å². The Morgan fingerprint density at radius 1 is 1.31 bits per heavy atom. The molecule has 0 aliphatic carbocycles. The SMILES string of the molecule is C[C@H](Oc1ccc(C#N)c(Cl)c1C(=O)N1Cc2cn(-c3cnn(C)c3)nc2C1)C(F)(F)F. The number of ether oxygens (including phenoxy) is 1. The Labute approximate surface area is 185 Å². The van der Waals surface area contributed by atoms with E-state index in [0.717, 1.165) is 24.2 Å². The van der Waals surface area contributed by atoms with Crippen LogP contribution in [0.3, 0.4) is 0 Å². The molecule has 0 fully saturated rings. The Morgan fingerprint density at radius 3 is 2.66 bits per heavy atom. The van der Waals surface area contributed by atoms with E-state index in [4.69, 9.17) is 16.3 Å². The van der Waals surface area contributed by atoms with Gasteiger partial charge in [-0.25, -0.2) is 4.68 Å². The summed E-state index contributed by atoms with van der Waals surface area (Å²) in [7, 11) is 1.78. The molecule has 8 nitrogen and oxygen atoms in total. The highest BCUT2D eigenvalue weighted by atomic mass is 35.5. The van der Waals surface area contributed by atoms with E-state index in [1.165, 1.54) is 11.0 Å². The lowest BCUT2D eigenvalue weighted by Gasteiger charge is -2.23. The molecule has 0 unspecified atom stereocenters. The number of benzene rings is 1. The molecule has 0 spiro atoms. The number of carbonyl (C=O) groups is 1. The minimum Gasteiger partial charge on any atom is -0.480 e. The van der Waals surface area contributed by atoms with Gasteiger partial charge in [0.25, 0.3) is 5.91 Å². The summed E-state index contributed by atoms with van der Waals surface area (Å²) >= 11 is 6.22. The first kappa shape index (κ1) is 21.7. The highest BCUT2D eigenvalue weighted by molar-refractivity contribution is 6.35. The fourth-order valence-corrected chi connectivity index (χ4v) is 3.59. The average molecular weight is 465 g/mol. The second-order valence-electron chi connectivity index (χ2n) is 7.29. The maximum absolute atomic E-state index is 13.2. The van der Waals surface area contributed by atoms with Crippen molar-refractivity contribution in [3.63, 3.8) is 0 Å². The van der Waals surface area contributed by atoms with Crippen LogP contribution in [0.25, 0.3) is 5.69 Å². The third-order valence-electron chi connectivity index (χ3n) is 5.02. The molecule has 166 valence electrons. The van der Waals surface area contributed by atoms with Crippen molar-refractivity contribution < 1.29 is 22.7 Å². The molecular weight excluding hydrogens is 449 g/mol. The molecule has 0 N–H and O–H groups in total. The quantitative estimate of drug-likeness (QED) is 0.588. The Morgan fingerprint density at radius 2 is 2.06 bits per heavy atom. The van der Waals surface area contributed by atoms with Crippen molar-refractivity contribution in [1.29, 1.82) is 5.26 Å². The molecule has 1 aliphatic rings. The van der Waals surface area contributed by atoms with Gasteiger partial charge in [0.15, 0.2) is 6.10 Å². The molecule has 1 amide bonds. The summed E-state index contributed by atoms with van der Waals surface area (Å²) in [5.74, 6) is -0.990. The van der Waals surface area contributed by atoms with Crippen LogP contribution in [0.5, 0.6) is 5.75 Å². The molecule has 0 saturated heterocycles. The molecule has 2 aromatic heterocycles. The molecule has 12 heteroatoms. The number of nitrogens with zero attached hydrogens (tertiary/aromatic N) is 6. The molecule has 3 aromatic rings. The maximum Gasteiger partial charge on any atom is 0.425 e. The van der Waals surface area contributed by atoms with Gasteiger partial charge in [0.1, 0.15) is 23.1 Å². The Bertz CT molecular complexity index is 1220. The topological polar surface area (TPSA) is 89.0 Å². The fraction of sp³-hybridized carbons (Fsp3) is 0.300. The maximum atomic E-state index is 13.2. The summed E-state index contributed by atoms with van der Waals surface area (Å²) in [5.41, 5.74) is 1.84. The number of rotatable bonds is 4. The van der Waals surface area contributed by atoms with Crippen molar-refractivity contribution in [2.75, 3.05) is 0 Å². The number of aryl methyl sites for hydroxylation is 1. The van der Waals surface area contributed by atoms with E-state index in [9.17, 15) is 23.2 Å². The number of amides is 1. The third kappa shape index (κ3) is 3.89. The lowest BCUT2D eigenvalue weighted by molar-refractivity contribution is -0.189. The first-order chi connectivity index (χ1) is 15.1. The zero-order valence-electron chi connectivity index (χ0n) is 16.9. The van der Waals surface area contributed by atoms with Gasteiger partial charge in [-0.3, -0.25) is 9.48 Å². The fourth-order valence-electron chi connectivity index (χ4n) is 3.31. The normalized spacial score (nSPS) is 14.2. The third-order valence-corrected chi connectivity index (χ3v) is 5.42. The van der Waals surface area contributed by atoms with Gasteiger partial charge in [-0.15, -0.1) is 0 Å². The number of aromatic nitrogens is 4. The van der Waals surface area contributed by atoms with E-state index in [0.29, 0.717) is 5.69 Å². The number of hydrogen-bond acceptors (Lipinski definition) is 5. The van der Waals surface area contributed by atoms with Crippen molar-refractivity contribution in [3.05, 3.63) is 58.1 Å². The van der Waals surface area contributed by atoms with Crippen LogP contribution in [0, 0.1) is 11.3 Å². The second kappa shape index (κ2) is 7.87. The van der Waals surface area contributed by atoms with Crippen LogP contribution in [0.4, 0.5) is 13.2 Å². The number of nitriles is 1. The van der Waals surface area contributed by atoms with Gasteiger partial charge in [0.2, 0.25) is 0 Å². The van der Waals surface area contributed by atoms with Gasteiger partial charge in [0.05, 0.1) is 35.2 Å². The molecule has 3 heterocycles. The number of halogens is 4. The highest BCUT2D eigenvalue weighted by Gasteiger charge is 2.39. The zero-order chi connectivity index (χ0) is 23.2. The van der Waals surface area contributed by atoms with Crippen molar-refractivity contribution in [2.24, 2.45) is 7.05 Å². The highest BCUT2D eigenvalue weighted by Crippen LogP contribution is 2.35. The van der Waals surface area contributed by atoms with Gasteiger partial charge in [-0.2, -0.15) is 28.6 Å². The Balaban J connectivity index is 1.62. The summed E-state index contributed by atoms with van der Waals surface area (Å²) < 4.78 is 47.3. The minimum atomic E-state index is -4.64. The monoisotopic (exact) mass is 464 g/mol. The summed E-state index contributed by atoms with van der Waals surface area (Å²) in [4.78, 5) is 14.6. The lowest BCUT2D eigenvalue weighted by Crippen LogP contribution is -2.33. The standard InChI is InChI=1S/C20H16ClF3N6O2/c1-11(20(22,23)24)32-16-4-3-12(5-25)18(21)17(16)19(31)29-7-13-8-30(27-15(13)10-29)14-6-26-28(2)9-14/h3-4,6,8-9,11H,7,10H2,1-2H3/t11-/m0/s1. The van der Waals surface area contributed by atoms with Crippen molar-refractivity contribution in [1.82, 2.24) is 24.5 Å². The molecule has 1 aromatic carbocycles. The van der Waals surface area contributed by atoms with Gasteiger partial charge in [0, 0.05) is 25.4 Å². The summed E-state index contributed by atoms with van der Waals surface area (Å²) in [6.45, 7) is 1.13. The van der Waals surface area contributed by atoms with E-state index in [-0.39, 0.29) is 35.0 Å². The molecule has 0 radical (unpaired) electrons. The number of hydrogen-bond donors (Lipinski definition) is 0. The van der Waals surface area contributed by atoms with Crippen LogP contribution in [0.2, 0.25) is 5.02 Å². The average Bonchev–Trinajstić information content (AvgIpc) is 3.41. The van der Waals surface area contributed by atoms with E-state index in [1.807, 2.05) is 6.07 Å². The molecule has 1 atom stereocenters. The number of carbonyl (C=O) groups excluding carboxylic acids is 1. The van der Waals surface area contributed by atoms with E-state index >= 15 is 0 Å². The van der Waals surface area contributed by atoms with Crippen LogP contribution in [0.15, 0.2) is 30.7 Å². The number of alkyl halides is 3. The summed E-state index contributed by atoms with van der Waals surface area (Å²) in [6.07, 6.45) is -1.62. The minimum absolute atomic E-state index is 0.0410. The smallest absolute Gasteiger partial charge is 0.425 e. The summed E-state index contributed by atoms with van der Waals surface area (Å²) in [6, 6.07) is 4.20. The Kier molecular flexibility index (Phi) is 5.34.